The van der Waals surface area contributed by atoms with Crippen molar-refractivity contribution in [1.29, 1.82) is 0 Å². The van der Waals surface area contributed by atoms with Crippen LogP contribution in [0.2, 0.25) is 0 Å². The zero-order valence-electron chi connectivity index (χ0n) is 13.5. The van der Waals surface area contributed by atoms with Crippen molar-refractivity contribution in [1.82, 2.24) is 4.90 Å². The number of carbonyl (C=O) groups excluding carboxylic acids is 2. The zero-order chi connectivity index (χ0) is 16.1. The second kappa shape index (κ2) is 7.40. The molecular formula is C17H24N2O3. The van der Waals surface area contributed by atoms with Gasteiger partial charge in [-0.15, -0.1) is 0 Å². The third kappa shape index (κ3) is 4.31. The van der Waals surface area contributed by atoms with Crippen LogP contribution in [0.4, 0.5) is 5.69 Å². The number of amides is 1. The van der Waals surface area contributed by atoms with Crippen molar-refractivity contribution in [3.63, 3.8) is 0 Å². The Balaban J connectivity index is 2.00. The topological polar surface area (TPSA) is 58.6 Å². The molecule has 1 aliphatic rings. The van der Waals surface area contributed by atoms with Crippen LogP contribution in [0.3, 0.4) is 0 Å². The van der Waals surface area contributed by atoms with Gasteiger partial charge in [-0.25, -0.2) is 4.79 Å². The number of likely N-dealkylation sites (tertiary alicyclic amines) is 1. The summed E-state index contributed by atoms with van der Waals surface area (Å²) < 4.78 is 4.71. The zero-order valence-corrected chi connectivity index (χ0v) is 13.5. The van der Waals surface area contributed by atoms with Gasteiger partial charge in [-0.2, -0.15) is 0 Å². The molecule has 1 atom stereocenters. The molecule has 1 fully saturated rings. The molecule has 22 heavy (non-hydrogen) atoms. The predicted octanol–water partition coefficient (Wildman–Crippen LogP) is 2.45. The van der Waals surface area contributed by atoms with Crippen molar-refractivity contribution >= 4 is 17.6 Å². The Morgan fingerprint density at radius 3 is 2.86 bits per heavy atom. The second-order valence-electron chi connectivity index (χ2n) is 6.05. The number of methoxy groups -OCH3 is 1. The van der Waals surface area contributed by atoms with Crippen LogP contribution in [-0.2, 0) is 9.53 Å². The Labute approximate surface area is 131 Å². The fourth-order valence-corrected chi connectivity index (χ4v) is 2.82. The van der Waals surface area contributed by atoms with Crippen LogP contribution in [0.15, 0.2) is 18.2 Å². The molecule has 0 spiro atoms. The maximum absolute atomic E-state index is 12.2. The summed E-state index contributed by atoms with van der Waals surface area (Å²) in [5.74, 6) is 0.200. The van der Waals surface area contributed by atoms with E-state index >= 15 is 0 Å². The number of carbonyl (C=O) groups is 2. The Bertz CT molecular complexity index is 557. The van der Waals surface area contributed by atoms with E-state index in [1.165, 1.54) is 13.5 Å². The van der Waals surface area contributed by atoms with Gasteiger partial charge in [-0.1, -0.05) is 13.0 Å². The molecule has 0 aromatic heterocycles. The summed E-state index contributed by atoms with van der Waals surface area (Å²) >= 11 is 0. The lowest BCUT2D eigenvalue weighted by atomic mass is 10.0. The highest BCUT2D eigenvalue weighted by molar-refractivity contribution is 5.96. The number of nitrogens with zero attached hydrogens (tertiary/aromatic N) is 1. The number of esters is 1. The molecule has 0 aliphatic carbocycles. The number of benzene rings is 1. The fourth-order valence-electron chi connectivity index (χ4n) is 2.82. The van der Waals surface area contributed by atoms with E-state index in [2.05, 4.69) is 17.1 Å². The van der Waals surface area contributed by atoms with Crippen molar-refractivity contribution in [2.45, 2.75) is 26.7 Å². The Kier molecular flexibility index (Phi) is 5.55. The number of rotatable bonds is 4. The van der Waals surface area contributed by atoms with Gasteiger partial charge in [0.25, 0.3) is 0 Å². The van der Waals surface area contributed by atoms with E-state index in [0.717, 1.165) is 25.1 Å². The standard InChI is InChI=1S/C17H24N2O3/c1-12-5-4-8-19(10-12)11-16(20)18-15-9-14(17(21)22-3)7-6-13(15)2/h6-7,9,12H,4-5,8,10-11H2,1-3H3,(H,18,20)/t12-/m1/s1. The smallest absolute Gasteiger partial charge is 0.337 e. The molecule has 5 nitrogen and oxygen atoms in total. The van der Waals surface area contributed by atoms with Gasteiger partial charge in [-0.05, 0) is 49.9 Å². The highest BCUT2D eigenvalue weighted by Gasteiger charge is 2.19. The normalized spacial score (nSPS) is 18.8. The molecule has 2 rings (SSSR count). The summed E-state index contributed by atoms with van der Waals surface area (Å²) in [6.07, 6.45) is 2.38. The molecular weight excluding hydrogens is 280 g/mol. The lowest BCUT2D eigenvalue weighted by molar-refractivity contribution is -0.117. The first-order chi connectivity index (χ1) is 10.5. The first-order valence-corrected chi connectivity index (χ1v) is 7.70. The Hall–Kier alpha value is -1.88. The Morgan fingerprint density at radius 2 is 2.18 bits per heavy atom. The van der Waals surface area contributed by atoms with Crippen molar-refractivity contribution < 1.29 is 14.3 Å². The highest BCUT2D eigenvalue weighted by atomic mass is 16.5. The number of hydrogen-bond donors (Lipinski definition) is 1. The third-order valence-corrected chi connectivity index (χ3v) is 4.04. The quantitative estimate of drug-likeness (QED) is 0.868. The van der Waals surface area contributed by atoms with Crippen LogP contribution in [0.25, 0.3) is 0 Å². The van der Waals surface area contributed by atoms with Gasteiger partial charge in [0.05, 0.1) is 19.2 Å². The average molecular weight is 304 g/mol. The molecule has 5 heteroatoms. The van der Waals surface area contributed by atoms with Crippen LogP contribution in [0.5, 0.6) is 0 Å². The van der Waals surface area contributed by atoms with Crippen LogP contribution < -0.4 is 5.32 Å². The van der Waals surface area contributed by atoms with Gasteiger partial charge < -0.3 is 10.1 Å². The minimum Gasteiger partial charge on any atom is -0.465 e. The molecule has 1 aliphatic heterocycles. The predicted molar refractivity (Wildman–Crippen MR) is 86.0 cm³/mol. The van der Waals surface area contributed by atoms with Crippen LogP contribution in [0, 0.1) is 12.8 Å². The van der Waals surface area contributed by atoms with E-state index in [4.69, 9.17) is 4.74 Å². The number of ether oxygens (including phenoxy) is 1. The summed E-state index contributed by atoms with van der Waals surface area (Å²) in [7, 11) is 1.35. The Morgan fingerprint density at radius 1 is 1.41 bits per heavy atom. The van der Waals surface area contributed by atoms with Crippen LogP contribution in [0.1, 0.15) is 35.7 Å². The second-order valence-corrected chi connectivity index (χ2v) is 6.05. The molecule has 1 heterocycles. The lowest BCUT2D eigenvalue weighted by Crippen LogP contribution is -2.39. The molecule has 1 N–H and O–H groups in total. The number of anilines is 1. The van der Waals surface area contributed by atoms with Gasteiger partial charge in [-0.3, -0.25) is 9.69 Å². The summed E-state index contributed by atoms with van der Waals surface area (Å²) in [5, 5.41) is 2.90. The molecule has 0 saturated carbocycles. The summed E-state index contributed by atoms with van der Waals surface area (Å²) in [5.41, 5.74) is 2.03. The molecule has 0 radical (unpaired) electrons. The molecule has 1 aromatic rings. The molecule has 1 saturated heterocycles. The van der Waals surface area contributed by atoms with E-state index in [1.807, 2.05) is 13.0 Å². The number of nitrogens with one attached hydrogen (secondary N) is 1. The van der Waals surface area contributed by atoms with Gasteiger partial charge >= 0.3 is 5.97 Å². The molecule has 1 amide bonds. The SMILES string of the molecule is COC(=O)c1ccc(C)c(NC(=O)CN2CCC[C@@H](C)C2)c1. The van der Waals surface area contributed by atoms with Crippen molar-refractivity contribution in [2.24, 2.45) is 5.92 Å². The van der Waals surface area contributed by atoms with Gasteiger partial charge in [0.1, 0.15) is 0 Å². The van der Waals surface area contributed by atoms with Crippen LogP contribution in [-0.4, -0.2) is 43.5 Å². The molecule has 0 bridgehead atoms. The largest absolute Gasteiger partial charge is 0.465 e. The van der Waals surface area contributed by atoms with E-state index in [1.54, 1.807) is 12.1 Å². The summed E-state index contributed by atoms with van der Waals surface area (Å²) in [4.78, 5) is 26.0. The molecule has 0 unspecified atom stereocenters. The fraction of sp³-hybridized carbons (Fsp3) is 0.529. The lowest BCUT2D eigenvalue weighted by Gasteiger charge is -2.30. The first-order valence-electron chi connectivity index (χ1n) is 7.70. The van der Waals surface area contributed by atoms with Crippen LogP contribution >= 0.6 is 0 Å². The van der Waals surface area contributed by atoms with E-state index in [9.17, 15) is 9.59 Å². The number of hydrogen-bond acceptors (Lipinski definition) is 4. The van der Waals surface area contributed by atoms with E-state index < -0.39 is 5.97 Å². The first kappa shape index (κ1) is 16.5. The maximum atomic E-state index is 12.2. The highest BCUT2D eigenvalue weighted by Crippen LogP contribution is 2.19. The van der Waals surface area contributed by atoms with Crippen molar-refractivity contribution in [3.05, 3.63) is 29.3 Å². The monoisotopic (exact) mass is 304 g/mol. The minimum absolute atomic E-state index is 0.0424. The van der Waals surface area contributed by atoms with Crippen molar-refractivity contribution in [3.8, 4) is 0 Å². The number of aryl methyl sites for hydroxylation is 1. The maximum Gasteiger partial charge on any atom is 0.337 e. The van der Waals surface area contributed by atoms with E-state index in [0.29, 0.717) is 23.7 Å². The minimum atomic E-state index is -0.402. The molecule has 120 valence electrons. The van der Waals surface area contributed by atoms with Gasteiger partial charge in [0.15, 0.2) is 0 Å². The summed E-state index contributed by atoms with van der Waals surface area (Å²) in [6, 6.07) is 5.17. The number of piperidine rings is 1. The molecule has 1 aromatic carbocycles. The third-order valence-electron chi connectivity index (χ3n) is 4.04. The summed E-state index contributed by atoms with van der Waals surface area (Å²) in [6.45, 7) is 6.45. The van der Waals surface area contributed by atoms with Gasteiger partial charge in [0.2, 0.25) is 5.91 Å². The van der Waals surface area contributed by atoms with E-state index in [-0.39, 0.29) is 5.91 Å². The van der Waals surface area contributed by atoms with Crippen molar-refractivity contribution in [2.75, 3.05) is 32.1 Å². The van der Waals surface area contributed by atoms with Gasteiger partial charge in [0, 0.05) is 12.2 Å². The average Bonchev–Trinajstić information content (AvgIpc) is 2.48.